The predicted molar refractivity (Wildman–Crippen MR) is 103 cm³/mol. The lowest BCUT2D eigenvalue weighted by atomic mass is 10.1. The molecular formula is C16H31IN4O2. The maximum atomic E-state index is 5.66. The van der Waals surface area contributed by atoms with E-state index in [1.807, 2.05) is 0 Å². The first-order valence-electron chi connectivity index (χ1n) is 8.74. The molecule has 2 heterocycles. The van der Waals surface area contributed by atoms with Crippen LogP contribution in [0.25, 0.3) is 0 Å². The van der Waals surface area contributed by atoms with Gasteiger partial charge in [-0.05, 0) is 25.7 Å². The fourth-order valence-electron chi connectivity index (χ4n) is 3.26. The van der Waals surface area contributed by atoms with Crippen LogP contribution in [0.15, 0.2) is 4.99 Å². The highest BCUT2D eigenvalue weighted by atomic mass is 127. The Hall–Kier alpha value is -0.120. The average molecular weight is 438 g/mol. The van der Waals surface area contributed by atoms with Gasteiger partial charge in [0.05, 0.1) is 26.4 Å². The number of ether oxygens (including phenoxy) is 2. The second-order valence-electron chi connectivity index (χ2n) is 6.70. The van der Waals surface area contributed by atoms with E-state index in [9.17, 15) is 0 Å². The summed E-state index contributed by atoms with van der Waals surface area (Å²) in [4.78, 5) is 7.32. The van der Waals surface area contributed by atoms with Crippen molar-refractivity contribution in [1.29, 1.82) is 0 Å². The Morgan fingerprint density at radius 1 is 1.26 bits per heavy atom. The predicted octanol–water partition coefficient (Wildman–Crippen LogP) is 1.06. The number of hydrogen-bond acceptors (Lipinski definition) is 4. The fraction of sp³-hybridized carbons (Fsp3) is 0.938. The molecule has 6 nitrogen and oxygen atoms in total. The van der Waals surface area contributed by atoms with Crippen molar-refractivity contribution in [2.75, 3.05) is 46.0 Å². The maximum Gasteiger partial charge on any atom is 0.191 e. The SMILES string of the molecule is CCNC(=NCC1COCCO1)NC1CN(C2CC2)CC1C.I. The van der Waals surface area contributed by atoms with Crippen molar-refractivity contribution in [2.24, 2.45) is 10.9 Å². The summed E-state index contributed by atoms with van der Waals surface area (Å²) in [6, 6.07) is 1.34. The number of guanidine groups is 1. The van der Waals surface area contributed by atoms with Gasteiger partial charge in [-0.15, -0.1) is 24.0 Å². The molecule has 2 N–H and O–H groups in total. The van der Waals surface area contributed by atoms with Crippen LogP contribution in [0.5, 0.6) is 0 Å². The van der Waals surface area contributed by atoms with E-state index in [2.05, 4.69) is 29.4 Å². The Morgan fingerprint density at radius 3 is 2.74 bits per heavy atom. The zero-order valence-electron chi connectivity index (χ0n) is 14.3. The molecule has 0 bridgehead atoms. The number of aliphatic imine (C=N–C) groups is 1. The van der Waals surface area contributed by atoms with E-state index in [1.54, 1.807) is 0 Å². The molecule has 3 rings (SSSR count). The first kappa shape index (κ1) is 19.2. The van der Waals surface area contributed by atoms with E-state index >= 15 is 0 Å². The van der Waals surface area contributed by atoms with E-state index in [-0.39, 0.29) is 30.1 Å². The summed E-state index contributed by atoms with van der Waals surface area (Å²) in [6.45, 7) is 10.4. The number of hydrogen-bond donors (Lipinski definition) is 2. The molecular weight excluding hydrogens is 407 g/mol. The molecule has 1 saturated carbocycles. The van der Waals surface area contributed by atoms with E-state index in [1.165, 1.54) is 19.4 Å². The van der Waals surface area contributed by atoms with Gasteiger partial charge in [0.2, 0.25) is 0 Å². The molecule has 0 aromatic rings. The van der Waals surface area contributed by atoms with E-state index < -0.39 is 0 Å². The van der Waals surface area contributed by atoms with Gasteiger partial charge < -0.3 is 20.1 Å². The molecule has 3 unspecified atom stereocenters. The average Bonchev–Trinajstić information content (AvgIpc) is 3.31. The summed E-state index contributed by atoms with van der Waals surface area (Å²) in [7, 11) is 0. The summed E-state index contributed by atoms with van der Waals surface area (Å²) < 4.78 is 11.1. The minimum absolute atomic E-state index is 0. The van der Waals surface area contributed by atoms with Crippen LogP contribution < -0.4 is 10.6 Å². The van der Waals surface area contributed by atoms with Gasteiger partial charge in [0.1, 0.15) is 6.10 Å². The second-order valence-corrected chi connectivity index (χ2v) is 6.70. The number of likely N-dealkylation sites (tertiary alicyclic amines) is 1. The lowest BCUT2D eigenvalue weighted by Gasteiger charge is -2.23. The first-order chi connectivity index (χ1) is 10.8. The summed E-state index contributed by atoms with van der Waals surface area (Å²) in [5.74, 6) is 1.57. The molecule has 0 aromatic heterocycles. The summed E-state index contributed by atoms with van der Waals surface area (Å²) in [5, 5.41) is 6.97. The molecule has 23 heavy (non-hydrogen) atoms. The maximum absolute atomic E-state index is 5.66. The van der Waals surface area contributed by atoms with Crippen molar-refractivity contribution in [3.63, 3.8) is 0 Å². The molecule has 0 spiro atoms. The Labute approximate surface area is 156 Å². The molecule has 2 aliphatic heterocycles. The monoisotopic (exact) mass is 438 g/mol. The smallest absolute Gasteiger partial charge is 0.191 e. The van der Waals surface area contributed by atoms with Crippen LogP contribution in [-0.2, 0) is 9.47 Å². The molecule has 0 radical (unpaired) electrons. The van der Waals surface area contributed by atoms with E-state index in [0.29, 0.717) is 38.3 Å². The molecule has 1 aliphatic carbocycles. The highest BCUT2D eigenvalue weighted by Gasteiger charge is 2.38. The lowest BCUT2D eigenvalue weighted by molar-refractivity contribution is -0.0832. The van der Waals surface area contributed by atoms with Gasteiger partial charge in [-0.2, -0.15) is 0 Å². The van der Waals surface area contributed by atoms with Crippen molar-refractivity contribution in [2.45, 2.75) is 44.9 Å². The molecule has 2 saturated heterocycles. The second kappa shape index (κ2) is 9.39. The first-order valence-corrected chi connectivity index (χ1v) is 8.74. The highest BCUT2D eigenvalue weighted by Crippen LogP contribution is 2.31. The Balaban J connectivity index is 0.00000192. The third-order valence-corrected chi connectivity index (χ3v) is 4.71. The van der Waals surface area contributed by atoms with Crippen molar-refractivity contribution < 1.29 is 9.47 Å². The van der Waals surface area contributed by atoms with Crippen LogP contribution in [0.2, 0.25) is 0 Å². The minimum Gasteiger partial charge on any atom is -0.376 e. The number of nitrogens with zero attached hydrogens (tertiary/aromatic N) is 2. The molecule has 134 valence electrons. The van der Waals surface area contributed by atoms with Crippen molar-refractivity contribution in [3.8, 4) is 0 Å². The van der Waals surface area contributed by atoms with Crippen LogP contribution in [0.3, 0.4) is 0 Å². The number of rotatable bonds is 5. The van der Waals surface area contributed by atoms with Crippen LogP contribution in [-0.4, -0.2) is 75.0 Å². The fourth-order valence-corrected chi connectivity index (χ4v) is 3.26. The minimum atomic E-state index is 0. The van der Waals surface area contributed by atoms with Gasteiger partial charge in [0.15, 0.2) is 5.96 Å². The van der Waals surface area contributed by atoms with Crippen LogP contribution in [0.4, 0.5) is 0 Å². The van der Waals surface area contributed by atoms with Gasteiger partial charge in [-0.3, -0.25) is 9.89 Å². The van der Waals surface area contributed by atoms with E-state index in [0.717, 1.165) is 25.1 Å². The summed E-state index contributed by atoms with van der Waals surface area (Å²) >= 11 is 0. The standard InChI is InChI=1S/C16H30N4O2.HI/c1-3-17-16(18-8-14-11-21-6-7-22-14)19-15-10-20(9-12(15)2)13-4-5-13;/h12-15H,3-11H2,1-2H3,(H2,17,18,19);1H. The van der Waals surface area contributed by atoms with Crippen LogP contribution >= 0.6 is 24.0 Å². The van der Waals surface area contributed by atoms with Gasteiger partial charge in [-0.1, -0.05) is 6.92 Å². The largest absolute Gasteiger partial charge is 0.376 e. The molecule has 3 atom stereocenters. The van der Waals surface area contributed by atoms with Gasteiger partial charge in [0.25, 0.3) is 0 Å². The summed E-state index contributed by atoms with van der Waals surface area (Å²) in [6.07, 6.45) is 2.85. The quantitative estimate of drug-likeness (QED) is 0.382. The zero-order valence-corrected chi connectivity index (χ0v) is 16.6. The molecule has 0 aromatic carbocycles. The molecule has 0 amide bonds. The molecule has 3 fully saturated rings. The van der Waals surface area contributed by atoms with Crippen molar-refractivity contribution >= 4 is 29.9 Å². The van der Waals surface area contributed by atoms with Crippen molar-refractivity contribution in [1.82, 2.24) is 15.5 Å². The molecule has 7 heteroatoms. The summed E-state index contributed by atoms with van der Waals surface area (Å²) in [5.41, 5.74) is 0. The number of nitrogens with one attached hydrogen (secondary N) is 2. The van der Waals surface area contributed by atoms with Gasteiger partial charge in [0, 0.05) is 31.7 Å². The van der Waals surface area contributed by atoms with Gasteiger partial charge in [-0.25, -0.2) is 0 Å². The van der Waals surface area contributed by atoms with Gasteiger partial charge >= 0.3 is 0 Å². The van der Waals surface area contributed by atoms with E-state index in [4.69, 9.17) is 14.5 Å². The Kier molecular flexibility index (Phi) is 7.84. The van der Waals surface area contributed by atoms with Crippen molar-refractivity contribution in [3.05, 3.63) is 0 Å². The lowest BCUT2D eigenvalue weighted by Crippen LogP contribution is -2.47. The number of halogens is 1. The Morgan fingerprint density at radius 2 is 2.09 bits per heavy atom. The van der Waals surface area contributed by atoms with Crippen LogP contribution in [0.1, 0.15) is 26.7 Å². The Bertz CT molecular complexity index is 386. The third-order valence-electron chi connectivity index (χ3n) is 4.71. The normalized spacial score (nSPS) is 32.4. The zero-order chi connectivity index (χ0) is 15.4. The highest BCUT2D eigenvalue weighted by molar-refractivity contribution is 14.0. The molecule has 3 aliphatic rings. The topological polar surface area (TPSA) is 58.1 Å². The van der Waals surface area contributed by atoms with Crippen LogP contribution in [0, 0.1) is 5.92 Å². The third kappa shape index (κ3) is 5.72.